The molecule has 4 nitrogen and oxygen atoms in total. The number of nitrogens with one attached hydrogen (secondary N) is 2. The average molecular weight is 298 g/mol. The lowest BCUT2D eigenvalue weighted by molar-refractivity contribution is 0.482. The van der Waals surface area contributed by atoms with Crippen molar-refractivity contribution in [1.82, 2.24) is 10.0 Å². The van der Waals surface area contributed by atoms with E-state index >= 15 is 0 Å². The molecule has 0 aliphatic carbocycles. The van der Waals surface area contributed by atoms with Crippen LogP contribution in [0.3, 0.4) is 0 Å². The lowest BCUT2D eigenvalue weighted by Gasteiger charge is -2.17. The lowest BCUT2D eigenvalue weighted by Crippen LogP contribution is -2.33. The minimum Gasteiger partial charge on any atom is -0.313 e. The van der Waals surface area contributed by atoms with Crippen molar-refractivity contribution in [1.29, 1.82) is 0 Å². The van der Waals surface area contributed by atoms with Crippen molar-refractivity contribution in [3.8, 4) is 0 Å². The van der Waals surface area contributed by atoms with Crippen LogP contribution >= 0.6 is 0 Å². The second kappa shape index (κ2) is 7.20. The van der Waals surface area contributed by atoms with E-state index in [0.717, 1.165) is 12.0 Å². The summed E-state index contributed by atoms with van der Waals surface area (Å²) in [5.41, 5.74) is 0.965. The van der Waals surface area contributed by atoms with Gasteiger partial charge in [-0.25, -0.2) is 13.1 Å². The molecule has 0 aliphatic rings. The first-order valence-electron chi connectivity index (χ1n) is 7.05. The van der Waals surface area contributed by atoms with Gasteiger partial charge < -0.3 is 5.32 Å². The highest BCUT2D eigenvalue weighted by Gasteiger charge is 2.18. The minimum absolute atomic E-state index is 0.0645. The fourth-order valence-electron chi connectivity index (χ4n) is 2.21. The summed E-state index contributed by atoms with van der Waals surface area (Å²) in [7, 11) is -1.59. The fraction of sp³-hybridized carbons (Fsp3) is 0.600. The zero-order valence-corrected chi connectivity index (χ0v) is 13.8. The molecular formula is C15H26N2O2S. The molecule has 1 aromatic carbocycles. The van der Waals surface area contributed by atoms with E-state index in [-0.39, 0.29) is 12.1 Å². The Morgan fingerprint density at radius 1 is 1.15 bits per heavy atom. The van der Waals surface area contributed by atoms with Gasteiger partial charge in [0.25, 0.3) is 0 Å². The Hall–Kier alpha value is -0.910. The molecule has 114 valence electrons. The van der Waals surface area contributed by atoms with Gasteiger partial charge in [0.1, 0.15) is 0 Å². The number of benzene rings is 1. The van der Waals surface area contributed by atoms with E-state index in [2.05, 4.69) is 23.9 Å². The van der Waals surface area contributed by atoms with Crippen molar-refractivity contribution in [2.75, 3.05) is 7.05 Å². The number of sulfonamides is 1. The van der Waals surface area contributed by atoms with Crippen LogP contribution in [0.15, 0.2) is 29.2 Å². The van der Waals surface area contributed by atoms with E-state index < -0.39 is 10.0 Å². The maximum atomic E-state index is 12.4. The summed E-state index contributed by atoms with van der Waals surface area (Å²) in [5.74, 6) is 0.461. The Bertz CT molecular complexity index is 526. The van der Waals surface area contributed by atoms with Crippen molar-refractivity contribution in [2.24, 2.45) is 5.92 Å². The summed E-state index contributed by atoms with van der Waals surface area (Å²) in [5, 5.41) is 3.11. The Labute approximate surface area is 123 Å². The number of hydrogen-bond donors (Lipinski definition) is 2. The van der Waals surface area contributed by atoms with Gasteiger partial charge in [0.15, 0.2) is 0 Å². The topological polar surface area (TPSA) is 58.2 Å². The Morgan fingerprint density at radius 2 is 1.80 bits per heavy atom. The van der Waals surface area contributed by atoms with Crippen LogP contribution in [0.5, 0.6) is 0 Å². The van der Waals surface area contributed by atoms with Crippen LogP contribution in [0.25, 0.3) is 0 Å². The molecular weight excluding hydrogens is 272 g/mol. The van der Waals surface area contributed by atoms with Gasteiger partial charge in [-0.2, -0.15) is 0 Å². The quantitative estimate of drug-likeness (QED) is 0.813. The second-order valence-electron chi connectivity index (χ2n) is 5.73. The molecule has 0 heterocycles. The first-order valence-corrected chi connectivity index (χ1v) is 8.54. The van der Waals surface area contributed by atoms with Gasteiger partial charge in [-0.1, -0.05) is 26.0 Å². The largest absolute Gasteiger partial charge is 0.313 e. The number of hydrogen-bond acceptors (Lipinski definition) is 3. The van der Waals surface area contributed by atoms with Gasteiger partial charge >= 0.3 is 0 Å². The van der Waals surface area contributed by atoms with Crippen molar-refractivity contribution < 1.29 is 8.42 Å². The van der Waals surface area contributed by atoms with Gasteiger partial charge in [0, 0.05) is 12.1 Å². The van der Waals surface area contributed by atoms with E-state index in [1.54, 1.807) is 18.2 Å². The Kier molecular flexibility index (Phi) is 6.17. The molecule has 0 saturated heterocycles. The molecule has 1 rings (SSSR count). The highest BCUT2D eigenvalue weighted by molar-refractivity contribution is 7.89. The number of rotatable bonds is 7. The van der Waals surface area contributed by atoms with E-state index in [4.69, 9.17) is 0 Å². The van der Waals surface area contributed by atoms with Crippen LogP contribution in [-0.2, 0) is 10.0 Å². The third kappa shape index (κ3) is 4.89. The summed E-state index contributed by atoms with van der Waals surface area (Å²) in [6, 6.07) is 7.13. The smallest absolute Gasteiger partial charge is 0.240 e. The van der Waals surface area contributed by atoms with E-state index in [1.807, 2.05) is 27.0 Å². The molecule has 0 spiro atoms. The third-order valence-electron chi connectivity index (χ3n) is 3.28. The van der Waals surface area contributed by atoms with Crippen LogP contribution < -0.4 is 10.0 Å². The summed E-state index contributed by atoms with van der Waals surface area (Å²) in [6.45, 7) is 8.07. The van der Waals surface area contributed by atoms with Crippen LogP contribution in [-0.4, -0.2) is 21.5 Å². The van der Waals surface area contributed by atoms with Gasteiger partial charge in [-0.3, -0.25) is 0 Å². The molecule has 0 aromatic heterocycles. The normalized spacial score (nSPS) is 15.3. The summed E-state index contributed by atoms with van der Waals surface area (Å²) >= 11 is 0. The molecule has 2 atom stereocenters. The zero-order valence-electron chi connectivity index (χ0n) is 13.0. The van der Waals surface area contributed by atoms with Crippen LogP contribution in [0, 0.1) is 5.92 Å². The van der Waals surface area contributed by atoms with Crippen LogP contribution in [0.1, 0.15) is 45.7 Å². The molecule has 2 N–H and O–H groups in total. The monoisotopic (exact) mass is 298 g/mol. The molecule has 0 radical (unpaired) electrons. The Morgan fingerprint density at radius 3 is 2.35 bits per heavy atom. The van der Waals surface area contributed by atoms with Crippen molar-refractivity contribution in [3.63, 3.8) is 0 Å². The average Bonchev–Trinajstić information content (AvgIpc) is 2.36. The van der Waals surface area contributed by atoms with E-state index in [1.165, 1.54) is 0 Å². The minimum atomic E-state index is -3.45. The Balaban J connectivity index is 2.92. The molecule has 0 amide bonds. The first-order chi connectivity index (χ1) is 9.26. The third-order valence-corrected chi connectivity index (χ3v) is 4.87. The van der Waals surface area contributed by atoms with Crippen molar-refractivity contribution >= 4 is 10.0 Å². The highest BCUT2D eigenvalue weighted by Crippen LogP contribution is 2.18. The van der Waals surface area contributed by atoms with Crippen molar-refractivity contribution in [3.05, 3.63) is 29.8 Å². The SMILES string of the molecule is CNC(C)c1cccc(S(=O)(=O)NC(C)CC(C)C)c1. The summed E-state index contributed by atoms with van der Waals surface area (Å²) in [4.78, 5) is 0.327. The first kappa shape index (κ1) is 17.1. The molecule has 0 saturated carbocycles. The van der Waals surface area contributed by atoms with E-state index in [0.29, 0.717) is 10.8 Å². The second-order valence-corrected chi connectivity index (χ2v) is 7.45. The standard InChI is InChI=1S/C15H26N2O2S/c1-11(2)9-12(3)17-20(18,19)15-8-6-7-14(10-15)13(4)16-5/h6-8,10-13,16-17H,9H2,1-5H3. The molecule has 0 aliphatic heterocycles. The van der Waals surface area contributed by atoms with Gasteiger partial charge in [-0.15, -0.1) is 0 Å². The molecule has 5 heteroatoms. The van der Waals surface area contributed by atoms with E-state index in [9.17, 15) is 8.42 Å². The predicted octanol–water partition coefficient (Wildman–Crippen LogP) is 2.68. The maximum Gasteiger partial charge on any atom is 0.240 e. The zero-order chi connectivity index (χ0) is 15.3. The fourth-order valence-corrected chi connectivity index (χ4v) is 3.52. The van der Waals surface area contributed by atoms with Crippen molar-refractivity contribution in [2.45, 2.75) is 51.1 Å². The molecule has 2 unspecified atom stereocenters. The van der Waals surface area contributed by atoms with Crippen LogP contribution in [0.4, 0.5) is 0 Å². The predicted molar refractivity (Wildman–Crippen MR) is 83.2 cm³/mol. The van der Waals surface area contributed by atoms with Gasteiger partial charge in [0.05, 0.1) is 4.90 Å². The lowest BCUT2D eigenvalue weighted by atomic mass is 10.1. The molecule has 20 heavy (non-hydrogen) atoms. The molecule has 0 bridgehead atoms. The highest BCUT2D eigenvalue weighted by atomic mass is 32.2. The summed E-state index contributed by atoms with van der Waals surface area (Å²) in [6.07, 6.45) is 0.825. The molecule has 1 aromatic rings. The maximum absolute atomic E-state index is 12.4. The van der Waals surface area contributed by atoms with Gasteiger partial charge in [-0.05, 0) is 50.9 Å². The van der Waals surface area contributed by atoms with Crippen LogP contribution in [0.2, 0.25) is 0 Å². The molecule has 0 fully saturated rings. The van der Waals surface area contributed by atoms with Gasteiger partial charge in [0.2, 0.25) is 10.0 Å². The summed E-state index contributed by atoms with van der Waals surface area (Å²) < 4.78 is 27.5.